The number of para-hydroxylation sites is 2. The van der Waals surface area contributed by atoms with E-state index >= 15 is 0 Å². The molecule has 0 radical (unpaired) electrons. The minimum atomic E-state index is -0.0149. The maximum atomic E-state index is 5.78. The Morgan fingerprint density at radius 1 is 1.20 bits per heavy atom. The predicted molar refractivity (Wildman–Crippen MR) is 61.9 cm³/mol. The molecule has 80 valence electrons. The van der Waals surface area contributed by atoms with Crippen molar-refractivity contribution >= 4 is 11.1 Å². The number of benzene rings is 1. The van der Waals surface area contributed by atoms with E-state index < -0.39 is 0 Å². The van der Waals surface area contributed by atoms with E-state index in [9.17, 15) is 0 Å². The Bertz CT molecular complexity index is 435. The van der Waals surface area contributed by atoms with Crippen molar-refractivity contribution in [2.24, 2.45) is 5.92 Å². The second kappa shape index (κ2) is 3.37. The Kier molecular flexibility index (Phi) is 2.29. The second-order valence-electron chi connectivity index (χ2n) is 4.86. The molecule has 2 nitrogen and oxygen atoms in total. The molecule has 0 N–H and O–H groups in total. The van der Waals surface area contributed by atoms with E-state index in [1.165, 1.54) is 0 Å². The number of oxazole rings is 1. The van der Waals surface area contributed by atoms with Gasteiger partial charge in [-0.3, -0.25) is 0 Å². The summed E-state index contributed by atoms with van der Waals surface area (Å²) >= 11 is 0. The third-order valence-corrected chi connectivity index (χ3v) is 3.29. The van der Waals surface area contributed by atoms with Crippen molar-refractivity contribution in [3.05, 3.63) is 30.2 Å². The Morgan fingerprint density at radius 2 is 1.87 bits per heavy atom. The van der Waals surface area contributed by atoms with E-state index in [-0.39, 0.29) is 5.41 Å². The van der Waals surface area contributed by atoms with Crippen LogP contribution in [0.3, 0.4) is 0 Å². The molecule has 0 aliphatic rings. The summed E-state index contributed by atoms with van der Waals surface area (Å²) in [6.07, 6.45) is 0. The molecule has 2 heteroatoms. The highest BCUT2D eigenvalue weighted by Gasteiger charge is 2.30. The van der Waals surface area contributed by atoms with Gasteiger partial charge < -0.3 is 4.42 Å². The largest absolute Gasteiger partial charge is 0.440 e. The fourth-order valence-corrected chi connectivity index (χ4v) is 1.39. The molecule has 2 rings (SSSR count). The van der Waals surface area contributed by atoms with Crippen molar-refractivity contribution in [1.29, 1.82) is 0 Å². The molecule has 0 unspecified atom stereocenters. The molecule has 0 spiro atoms. The summed E-state index contributed by atoms with van der Waals surface area (Å²) in [5, 5.41) is 0. The van der Waals surface area contributed by atoms with Crippen molar-refractivity contribution < 1.29 is 4.42 Å². The van der Waals surface area contributed by atoms with Gasteiger partial charge in [0, 0.05) is 5.41 Å². The zero-order valence-electron chi connectivity index (χ0n) is 9.74. The van der Waals surface area contributed by atoms with Crippen LogP contribution >= 0.6 is 0 Å². The molecular formula is C13H17NO. The first-order chi connectivity index (χ1) is 7.01. The minimum absolute atomic E-state index is 0.0149. The number of rotatable bonds is 2. The third-order valence-electron chi connectivity index (χ3n) is 3.29. The minimum Gasteiger partial charge on any atom is -0.440 e. The molecule has 1 aromatic heterocycles. The first kappa shape index (κ1) is 10.2. The van der Waals surface area contributed by atoms with Crippen molar-refractivity contribution in [3.8, 4) is 0 Å². The van der Waals surface area contributed by atoms with E-state index in [1.807, 2.05) is 24.3 Å². The van der Waals surface area contributed by atoms with E-state index in [2.05, 4.69) is 32.7 Å². The van der Waals surface area contributed by atoms with E-state index in [0.29, 0.717) is 5.92 Å². The number of hydrogen-bond acceptors (Lipinski definition) is 2. The number of hydrogen-bond donors (Lipinski definition) is 0. The molecule has 0 saturated carbocycles. The summed E-state index contributed by atoms with van der Waals surface area (Å²) in [5.74, 6) is 1.34. The Hall–Kier alpha value is -1.31. The van der Waals surface area contributed by atoms with Crippen LogP contribution in [0, 0.1) is 5.92 Å². The number of aromatic nitrogens is 1. The number of nitrogens with zero attached hydrogens (tertiary/aromatic N) is 1. The fraction of sp³-hybridized carbons (Fsp3) is 0.462. The van der Waals surface area contributed by atoms with Crippen LogP contribution in [-0.4, -0.2) is 4.98 Å². The van der Waals surface area contributed by atoms with Gasteiger partial charge in [-0.15, -0.1) is 0 Å². The lowest BCUT2D eigenvalue weighted by Gasteiger charge is -2.24. The first-order valence-electron chi connectivity index (χ1n) is 5.38. The SMILES string of the molecule is CC(C)C(C)(C)c1nc2ccccc2o1. The quantitative estimate of drug-likeness (QED) is 0.742. The van der Waals surface area contributed by atoms with Crippen LogP contribution in [-0.2, 0) is 5.41 Å². The standard InChI is InChI=1S/C13H17NO/c1-9(2)13(3,4)12-14-10-7-5-6-8-11(10)15-12/h5-9H,1-4H3. The van der Waals surface area contributed by atoms with Gasteiger partial charge in [0.05, 0.1) is 0 Å². The fourth-order valence-electron chi connectivity index (χ4n) is 1.39. The van der Waals surface area contributed by atoms with Gasteiger partial charge in [0.25, 0.3) is 0 Å². The summed E-state index contributed by atoms with van der Waals surface area (Å²) in [7, 11) is 0. The summed E-state index contributed by atoms with van der Waals surface area (Å²) in [5.41, 5.74) is 1.81. The Balaban J connectivity index is 2.53. The van der Waals surface area contributed by atoms with Gasteiger partial charge in [-0.05, 0) is 18.1 Å². The van der Waals surface area contributed by atoms with Gasteiger partial charge in [0.1, 0.15) is 5.52 Å². The summed E-state index contributed by atoms with van der Waals surface area (Å²) in [4.78, 5) is 4.54. The smallest absolute Gasteiger partial charge is 0.201 e. The average Bonchev–Trinajstić information content (AvgIpc) is 2.61. The topological polar surface area (TPSA) is 26.0 Å². The van der Waals surface area contributed by atoms with Crippen LogP contribution in [0.15, 0.2) is 28.7 Å². The van der Waals surface area contributed by atoms with Gasteiger partial charge >= 0.3 is 0 Å². The zero-order chi connectivity index (χ0) is 11.1. The highest BCUT2D eigenvalue weighted by atomic mass is 16.3. The maximum absolute atomic E-state index is 5.78. The monoisotopic (exact) mass is 203 g/mol. The summed E-state index contributed by atoms with van der Waals surface area (Å²) in [6.45, 7) is 8.72. The lowest BCUT2D eigenvalue weighted by molar-refractivity contribution is 0.296. The molecule has 0 aliphatic carbocycles. The molecule has 0 bridgehead atoms. The average molecular weight is 203 g/mol. The van der Waals surface area contributed by atoms with Crippen molar-refractivity contribution in [3.63, 3.8) is 0 Å². The lowest BCUT2D eigenvalue weighted by Crippen LogP contribution is -2.24. The van der Waals surface area contributed by atoms with E-state index in [4.69, 9.17) is 4.42 Å². The molecule has 0 atom stereocenters. The zero-order valence-corrected chi connectivity index (χ0v) is 9.74. The van der Waals surface area contributed by atoms with E-state index in [1.54, 1.807) is 0 Å². The molecule has 0 fully saturated rings. The van der Waals surface area contributed by atoms with Crippen LogP contribution in [0.1, 0.15) is 33.6 Å². The van der Waals surface area contributed by atoms with Crippen LogP contribution in [0.4, 0.5) is 0 Å². The molecule has 2 aromatic rings. The molecule has 0 saturated heterocycles. The molecule has 1 aromatic carbocycles. The van der Waals surface area contributed by atoms with Crippen molar-refractivity contribution in [2.75, 3.05) is 0 Å². The Labute approximate surface area is 90.3 Å². The molecule has 1 heterocycles. The van der Waals surface area contributed by atoms with Crippen molar-refractivity contribution in [1.82, 2.24) is 4.98 Å². The van der Waals surface area contributed by atoms with E-state index in [0.717, 1.165) is 17.0 Å². The number of fused-ring (bicyclic) bond motifs is 1. The highest BCUT2D eigenvalue weighted by Crippen LogP contribution is 2.32. The van der Waals surface area contributed by atoms with Gasteiger partial charge in [-0.1, -0.05) is 39.8 Å². The second-order valence-corrected chi connectivity index (χ2v) is 4.86. The summed E-state index contributed by atoms with van der Waals surface area (Å²) in [6, 6.07) is 7.90. The highest BCUT2D eigenvalue weighted by molar-refractivity contribution is 5.72. The van der Waals surface area contributed by atoms with Crippen LogP contribution in [0.25, 0.3) is 11.1 Å². The Morgan fingerprint density at radius 3 is 2.47 bits per heavy atom. The van der Waals surface area contributed by atoms with Crippen LogP contribution < -0.4 is 0 Å². The van der Waals surface area contributed by atoms with Crippen LogP contribution in [0.5, 0.6) is 0 Å². The van der Waals surface area contributed by atoms with Crippen LogP contribution in [0.2, 0.25) is 0 Å². The summed E-state index contributed by atoms with van der Waals surface area (Å²) < 4.78 is 5.78. The molecular weight excluding hydrogens is 186 g/mol. The van der Waals surface area contributed by atoms with Gasteiger partial charge in [-0.2, -0.15) is 0 Å². The maximum Gasteiger partial charge on any atom is 0.201 e. The predicted octanol–water partition coefficient (Wildman–Crippen LogP) is 3.76. The lowest BCUT2D eigenvalue weighted by atomic mass is 9.81. The van der Waals surface area contributed by atoms with Gasteiger partial charge in [0.15, 0.2) is 5.58 Å². The molecule has 0 aliphatic heterocycles. The van der Waals surface area contributed by atoms with Gasteiger partial charge in [0.2, 0.25) is 5.89 Å². The molecule has 0 amide bonds. The van der Waals surface area contributed by atoms with Crippen molar-refractivity contribution in [2.45, 2.75) is 33.1 Å². The third kappa shape index (κ3) is 1.65. The molecule has 15 heavy (non-hydrogen) atoms. The van der Waals surface area contributed by atoms with Gasteiger partial charge in [-0.25, -0.2) is 4.98 Å². The normalized spacial score (nSPS) is 12.6. The first-order valence-corrected chi connectivity index (χ1v) is 5.38.